The summed E-state index contributed by atoms with van der Waals surface area (Å²) < 4.78 is 37.1. The summed E-state index contributed by atoms with van der Waals surface area (Å²) in [4.78, 5) is 19.2. The number of aliphatic hydroxyl groups is 1. The van der Waals surface area contributed by atoms with Crippen molar-refractivity contribution in [2.45, 2.75) is 19.2 Å². The Bertz CT molecular complexity index is 638. The van der Waals surface area contributed by atoms with Gasteiger partial charge in [-0.05, 0) is 19.1 Å². The van der Waals surface area contributed by atoms with Crippen LogP contribution in [0, 0.1) is 0 Å². The maximum atomic E-state index is 12.4. The number of nitrogens with one attached hydrogen (secondary N) is 1. The van der Waals surface area contributed by atoms with Gasteiger partial charge in [0, 0.05) is 11.6 Å². The van der Waals surface area contributed by atoms with Gasteiger partial charge >= 0.3 is 6.18 Å². The summed E-state index contributed by atoms with van der Waals surface area (Å²) in [5, 5.41) is 13.5. The number of rotatable bonds is 3. The second kappa shape index (κ2) is 5.78. The Morgan fingerprint density at radius 1 is 1.43 bits per heavy atom. The first-order chi connectivity index (χ1) is 9.77. The van der Waals surface area contributed by atoms with Crippen LogP contribution in [0.5, 0.6) is 0 Å². The third-order valence-electron chi connectivity index (χ3n) is 2.49. The highest BCUT2D eigenvalue weighted by atomic mass is 32.1. The van der Waals surface area contributed by atoms with Gasteiger partial charge in [0.25, 0.3) is 5.91 Å². The van der Waals surface area contributed by atoms with Crippen LogP contribution in [-0.2, 0) is 6.18 Å². The van der Waals surface area contributed by atoms with Gasteiger partial charge in [-0.1, -0.05) is 0 Å². The number of carbonyl (C=O) groups excluding carboxylic acids is 1. The third kappa shape index (κ3) is 3.76. The molecule has 0 spiro atoms. The van der Waals surface area contributed by atoms with Crippen molar-refractivity contribution in [3.63, 3.8) is 0 Å². The van der Waals surface area contributed by atoms with Crippen LogP contribution in [0.3, 0.4) is 0 Å². The number of pyridine rings is 1. The standard InChI is InChI=1S/C12H10F3N3O2S/c1-6(19)9-5-21-11(17-9)18-10(20)8-3-2-7(4-16-8)12(13,14)15/h2-6,19H,1H3,(H,17,18,20). The van der Waals surface area contributed by atoms with E-state index in [0.717, 1.165) is 23.5 Å². The molecule has 2 rings (SSSR count). The zero-order chi connectivity index (χ0) is 15.6. The number of aliphatic hydroxyl groups excluding tert-OH is 1. The average molecular weight is 317 g/mol. The molecule has 1 atom stereocenters. The molecule has 2 heterocycles. The predicted octanol–water partition coefficient (Wildman–Crippen LogP) is 2.86. The molecule has 0 aromatic carbocycles. The minimum atomic E-state index is -4.50. The van der Waals surface area contributed by atoms with Crippen LogP contribution in [0.4, 0.5) is 18.3 Å². The van der Waals surface area contributed by atoms with Gasteiger partial charge < -0.3 is 5.11 Å². The summed E-state index contributed by atoms with van der Waals surface area (Å²) in [5.74, 6) is -0.671. The number of anilines is 1. The van der Waals surface area contributed by atoms with E-state index >= 15 is 0 Å². The SMILES string of the molecule is CC(O)c1csc(NC(=O)c2ccc(C(F)(F)F)cn2)n1. The van der Waals surface area contributed by atoms with Crippen LogP contribution < -0.4 is 5.32 Å². The first-order valence-corrected chi connectivity index (χ1v) is 6.63. The van der Waals surface area contributed by atoms with E-state index in [9.17, 15) is 23.1 Å². The van der Waals surface area contributed by atoms with Crippen molar-refractivity contribution in [2.75, 3.05) is 5.32 Å². The second-order valence-electron chi connectivity index (χ2n) is 4.14. The fraction of sp³-hybridized carbons (Fsp3) is 0.250. The van der Waals surface area contributed by atoms with Crippen molar-refractivity contribution in [2.24, 2.45) is 0 Å². The molecule has 2 N–H and O–H groups in total. The third-order valence-corrected chi connectivity index (χ3v) is 3.27. The van der Waals surface area contributed by atoms with Crippen LogP contribution in [-0.4, -0.2) is 21.0 Å². The van der Waals surface area contributed by atoms with Crippen molar-refractivity contribution in [3.05, 3.63) is 40.7 Å². The summed E-state index contributed by atoms with van der Waals surface area (Å²) >= 11 is 1.10. The Kier molecular flexibility index (Phi) is 4.24. The van der Waals surface area contributed by atoms with E-state index in [1.165, 1.54) is 6.92 Å². The number of hydrogen-bond acceptors (Lipinski definition) is 5. The molecule has 9 heteroatoms. The highest BCUT2D eigenvalue weighted by Crippen LogP contribution is 2.28. The molecule has 5 nitrogen and oxygen atoms in total. The van der Waals surface area contributed by atoms with E-state index < -0.39 is 23.8 Å². The van der Waals surface area contributed by atoms with Crippen LogP contribution in [0.2, 0.25) is 0 Å². The van der Waals surface area contributed by atoms with Gasteiger partial charge in [-0.2, -0.15) is 13.2 Å². The van der Waals surface area contributed by atoms with Gasteiger partial charge in [-0.25, -0.2) is 4.98 Å². The summed E-state index contributed by atoms with van der Waals surface area (Å²) in [6, 6.07) is 1.77. The lowest BCUT2D eigenvalue weighted by atomic mass is 10.2. The van der Waals surface area contributed by atoms with E-state index in [4.69, 9.17) is 0 Å². The Hall–Kier alpha value is -2.00. The smallest absolute Gasteiger partial charge is 0.387 e. The van der Waals surface area contributed by atoms with Gasteiger partial charge in [-0.3, -0.25) is 15.1 Å². The predicted molar refractivity (Wildman–Crippen MR) is 69.9 cm³/mol. The fourth-order valence-electron chi connectivity index (χ4n) is 1.39. The normalized spacial score (nSPS) is 13.0. The van der Waals surface area contributed by atoms with Gasteiger partial charge in [0.2, 0.25) is 0 Å². The van der Waals surface area contributed by atoms with Gasteiger partial charge in [0.1, 0.15) is 5.69 Å². The monoisotopic (exact) mass is 317 g/mol. The fourth-order valence-corrected chi connectivity index (χ4v) is 2.18. The topological polar surface area (TPSA) is 75.1 Å². The van der Waals surface area contributed by atoms with Crippen LogP contribution >= 0.6 is 11.3 Å². The van der Waals surface area contributed by atoms with Crippen molar-refractivity contribution in [1.82, 2.24) is 9.97 Å². The second-order valence-corrected chi connectivity index (χ2v) is 5.00. The number of nitrogens with zero attached hydrogens (tertiary/aromatic N) is 2. The molecule has 0 bridgehead atoms. The van der Waals surface area contributed by atoms with E-state index in [1.54, 1.807) is 5.38 Å². The molecular formula is C12H10F3N3O2S. The van der Waals surface area contributed by atoms with E-state index in [-0.39, 0.29) is 10.8 Å². The van der Waals surface area contributed by atoms with Crippen molar-refractivity contribution in [3.8, 4) is 0 Å². The van der Waals surface area contributed by atoms with Gasteiger partial charge in [0.05, 0.1) is 17.4 Å². The highest BCUT2D eigenvalue weighted by molar-refractivity contribution is 7.14. The first-order valence-electron chi connectivity index (χ1n) is 5.75. The molecular weight excluding hydrogens is 307 g/mol. The number of halogens is 3. The molecule has 0 radical (unpaired) electrons. The quantitative estimate of drug-likeness (QED) is 0.913. The summed E-state index contributed by atoms with van der Waals surface area (Å²) in [6.07, 6.45) is -4.67. The maximum absolute atomic E-state index is 12.4. The molecule has 0 aliphatic heterocycles. The molecule has 0 aliphatic rings. The number of aromatic nitrogens is 2. The largest absolute Gasteiger partial charge is 0.417 e. The number of thiazole rings is 1. The molecule has 1 unspecified atom stereocenters. The van der Waals surface area contributed by atoms with Crippen molar-refractivity contribution in [1.29, 1.82) is 0 Å². The minimum Gasteiger partial charge on any atom is -0.387 e. The van der Waals surface area contributed by atoms with Crippen LogP contribution in [0.25, 0.3) is 0 Å². The number of amides is 1. The van der Waals surface area contributed by atoms with Crippen LogP contribution in [0.1, 0.15) is 34.8 Å². The Labute approximate surface area is 121 Å². The summed E-state index contributed by atoms with van der Waals surface area (Å²) in [7, 11) is 0. The molecule has 0 aliphatic carbocycles. The summed E-state index contributed by atoms with van der Waals surface area (Å²) in [6.45, 7) is 1.53. The highest BCUT2D eigenvalue weighted by Gasteiger charge is 2.30. The maximum Gasteiger partial charge on any atom is 0.417 e. The Morgan fingerprint density at radius 2 is 2.14 bits per heavy atom. The minimum absolute atomic E-state index is 0.156. The lowest BCUT2D eigenvalue weighted by molar-refractivity contribution is -0.137. The zero-order valence-corrected chi connectivity index (χ0v) is 11.5. The Balaban J connectivity index is 2.09. The number of alkyl halides is 3. The zero-order valence-electron chi connectivity index (χ0n) is 10.7. The van der Waals surface area contributed by atoms with Crippen LogP contribution in [0.15, 0.2) is 23.7 Å². The molecule has 2 aromatic rings. The number of carbonyl (C=O) groups is 1. The molecule has 1 amide bonds. The average Bonchev–Trinajstić information content (AvgIpc) is 2.86. The van der Waals surface area contributed by atoms with E-state index in [2.05, 4.69) is 15.3 Å². The molecule has 21 heavy (non-hydrogen) atoms. The van der Waals surface area contributed by atoms with Crippen molar-refractivity contribution < 1.29 is 23.1 Å². The molecule has 0 fully saturated rings. The van der Waals surface area contributed by atoms with E-state index in [0.29, 0.717) is 11.9 Å². The van der Waals surface area contributed by atoms with Crippen molar-refractivity contribution >= 4 is 22.4 Å². The first kappa shape index (κ1) is 15.4. The lowest BCUT2D eigenvalue weighted by Crippen LogP contribution is -2.15. The van der Waals surface area contributed by atoms with Gasteiger partial charge in [-0.15, -0.1) is 11.3 Å². The van der Waals surface area contributed by atoms with E-state index in [1.807, 2.05) is 0 Å². The molecule has 0 saturated heterocycles. The Morgan fingerprint density at radius 3 is 2.62 bits per heavy atom. The molecule has 112 valence electrons. The molecule has 0 saturated carbocycles. The molecule has 2 aromatic heterocycles. The summed E-state index contributed by atoms with van der Waals surface area (Å²) in [5.41, 5.74) is -0.683. The number of hydrogen-bond donors (Lipinski definition) is 2. The lowest BCUT2D eigenvalue weighted by Gasteiger charge is -2.06. The van der Waals surface area contributed by atoms with Gasteiger partial charge in [0.15, 0.2) is 5.13 Å².